The molecule has 0 bridgehead atoms. The standard InChI is InChI=1S/C29H25BrClNO4/c1-2-3-6-15-35-21-12-9-18(10-13-21)26-25-27(33)22-16-20(30)11-14-24(22)36-28(25)29(34)32(26)17-19-7-4-5-8-23(19)31/h4-5,7-14,16,26H,2-3,6,15,17H2,1H3. The molecule has 0 N–H and O–H groups in total. The van der Waals surface area contributed by atoms with E-state index in [2.05, 4.69) is 22.9 Å². The van der Waals surface area contributed by atoms with Gasteiger partial charge in [-0.25, -0.2) is 0 Å². The Labute approximate surface area is 222 Å². The van der Waals surface area contributed by atoms with Gasteiger partial charge >= 0.3 is 0 Å². The Balaban J connectivity index is 1.59. The average molecular weight is 567 g/mol. The molecule has 3 aromatic carbocycles. The van der Waals surface area contributed by atoms with Crippen LogP contribution in [0.1, 0.15) is 59.5 Å². The van der Waals surface area contributed by atoms with Gasteiger partial charge in [0.15, 0.2) is 5.43 Å². The molecule has 4 aromatic rings. The molecule has 0 radical (unpaired) electrons. The summed E-state index contributed by atoms with van der Waals surface area (Å²) in [5.41, 5.74) is 2.10. The van der Waals surface area contributed by atoms with Crippen LogP contribution in [0.5, 0.6) is 5.75 Å². The van der Waals surface area contributed by atoms with E-state index in [-0.39, 0.29) is 23.6 Å². The molecular formula is C29H25BrClNO4. The number of fused-ring (bicyclic) bond motifs is 2. The molecule has 0 fully saturated rings. The Bertz CT molecular complexity index is 1480. The SMILES string of the molecule is CCCCCOc1ccc(C2c3c(oc4ccc(Br)cc4c3=O)C(=O)N2Cc2ccccc2Cl)cc1. The predicted molar refractivity (Wildman–Crippen MR) is 145 cm³/mol. The Morgan fingerprint density at radius 3 is 2.56 bits per heavy atom. The van der Waals surface area contributed by atoms with Crippen molar-refractivity contribution in [3.63, 3.8) is 0 Å². The molecule has 184 valence electrons. The van der Waals surface area contributed by atoms with Crippen LogP contribution in [0.2, 0.25) is 5.02 Å². The van der Waals surface area contributed by atoms with E-state index in [0.29, 0.717) is 28.2 Å². The Morgan fingerprint density at radius 2 is 1.81 bits per heavy atom. The van der Waals surface area contributed by atoms with Gasteiger partial charge in [-0.2, -0.15) is 0 Å². The van der Waals surface area contributed by atoms with Crippen molar-refractivity contribution in [1.29, 1.82) is 0 Å². The highest BCUT2D eigenvalue weighted by Crippen LogP contribution is 2.40. The molecule has 1 unspecified atom stereocenters. The van der Waals surface area contributed by atoms with Gasteiger partial charge < -0.3 is 14.1 Å². The molecule has 2 heterocycles. The molecule has 1 atom stereocenters. The van der Waals surface area contributed by atoms with Gasteiger partial charge in [-0.15, -0.1) is 0 Å². The molecule has 5 nitrogen and oxygen atoms in total. The van der Waals surface area contributed by atoms with E-state index in [1.807, 2.05) is 42.5 Å². The van der Waals surface area contributed by atoms with Crippen molar-refractivity contribution in [2.24, 2.45) is 0 Å². The maximum atomic E-state index is 13.7. The van der Waals surface area contributed by atoms with E-state index in [0.717, 1.165) is 40.6 Å². The zero-order chi connectivity index (χ0) is 25.2. The Hall–Kier alpha value is -3.09. The molecule has 7 heteroatoms. The lowest BCUT2D eigenvalue weighted by molar-refractivity contribution is 0.0714. The number of amides is 1. The monoisotopic (exact) mass is 565 g/mol. The van der Waals surface area contributed by atoms with Crippen LogP contribution >= 0.6 is 27.5 Å². The molecule has 0 aliphatic carbocycles. The number of unbranched alkanes of at least 4 members (excludes halogenated alkanes) is 2. The van der Waals surface area contributed by atoms with E-state index in [1.165, 1.54) is 0 Å². The molecule has 1 aliphatic heterocycles. The topological polar surface area (TPSA) is 59.8 Å². The van der Waals surface area contributed by atoms with Crippen LogP contribution < -0.4 is 10.2 Å². The van der Waals surface area contributed by atoms with Gasteiger partial charge in [0, 0.05) is 16.0 Å². The molecule has 1 aromatic heterocycles. The highest BCUT2D eigenvalue weighted by atomic mass is 79.9. The third kappa shape index (κ3) is 4.67. The fraction of sp³-hybridized carbons (Fsp3) is 0.241. The van der Waals surface area contributed by atoms with E-state index in [4.69, 9.17) is 20.8 Å². The number of hydrogen-bond donors (Lipinski definition) is 0. The van der Waals surface area contributed by atoms with Crippen LogP contribution in [0.3, 0.4) is 0 Å². The quantitative estimate of drug-likeness (QED) is 0.207. The third-order valence-electron chi connectivity index (χ3n) is 6.44. The van der Waals surface area contributed by atoms with Crippen LogP contribution in [-0.2, 0) is 6.54 Å². The lowest BCUT2D eigenvalue weighted by Crippen LogP contribution is -2.29. The minimum Gasteiger partial charge on any atom is -0.494 e. The number of nitrogens with zero attached hydrogens (tertiary/aromatic N) is 1. The van der Waals surface area contributed by atoms with Crippen LogP contribution in [0.15, 0.2) is 80.4 Å². The summed E-state index contributed by atoms with van der Waals surface area (Å²) in [4.78, 5) is 29.0. The van der Waals surface area contributed by atoms with Gasteiger partial charge in [0.1, 0.15) is 11.3 Å². The van der Waals surface area contributed by atoms with Crippen molar-refractivity contribution in [3.8, 4) is 5.75 Å². The molecule has 0 spiro atoms. The molecule has 36 heavy (non-hydrogen) atoms. The zero-order valence-corrected chi connectivity index (χ0v) is 22.1. The summed E-state index contributed by atoms with van der Waals surface area (Å²) in [6, 6.07) is 19.6. The second kappa shape index (κ2) is 10.5. The maximum Gasteiger partial charge on any atom is 0.291 e. The Morgan fingerprint density at radius 1 is 1.03 bits per heavy atom. The minimum atomic E-state index is -0.613. The van der Waals surface area contributed by atoms with Crippen molar-refractivity contribution in [3.05, 3.63) is 109 Å². The van der Waals surface area contributed by atoms with Crippen molar-refractivity contribution in [2.75, 3.05) is 6.61 Å². The number of hydrogen-bond acceptors (Lipinski definition) is 4. The number of carbonyl (C=O) groups is 1. The molecule has 1 aliphatic rings. The van der Waals surface area contributed by atoms with Gasteiger partial charge in [-0.1, -0.05) is 77.6 Å². The number of rotatable bonds is 8. The van der Waals surface area contributed by atoms with E-state index < -0.39 is 6.04 Å². The normalized spacial score (nSPS) is 14.9. The maximum absolute atomic E-state index is 13.7. The van der Waals surface area contributed by atoms with Gasteiger partial charge in [-0.3, -0.25) is 9.59 Å². The summed E-state index contributed by atoms with van der Waals surface area (Å²) in [6.07, 6.45) is 3.25. The number of carbonyl (C=O) groups excluding carboxylic acids is 1. The molecule has 0 saturated heterocycles. The zero-order valence-electron chi connectivity index (χ0n) is 19.8. The summed E-state index contributed by atoms with van der Waals surface area (Å²) in [7, 11) is 0. The summed E-state index contributed by atoms with van der Waals surface area (Å²) in [6.45, 7) is 3.05. The first kappa shape index (κ1) is 24.6. The first-order chi connectivity index (χ1) is 17.5. The number of benzene rings is 3. The summed E-state index contributed by atoms with van der Waals surface area (Å²) >= 11 is 9.87. The number of halogens is 2. The summed E-state index contributed by atoms with van der Waals surface area (Å²) in [5.74, 6) is 0.495. The predicted octanol–water partition coefficient (Wildman–Crippen LogP) is 7.52. The van der Waals surface area contributed by atoms with Crippen LogP contribution in [0.25, 0.3) is 11.0 Å². The largest absolute Gasteiger partial charge is 0.494 e. The molecule has 1 amide bonds. The van der Waals surface area contributed by atoms with Crippen molar-refractivity contribution in [1.82, 2.24) is 4.90 Å². The van der Waals surface area contributed by atoms with Crippen LogP contribution in [0.4, 0.5) is 0 Å². The molecule has 5 rings (SSSR count). The second-order valence-corrected chi connectivity index (χ2v) is 10.2. The minimum absolute atomic E-state index is 0.0757. The highest BCUT2D eigenvalue weighted by Gasteiger charge is 2.42. The van der Waals surface area contributed by atoms with Crippen LogP contribution in [0, 0.1) is 0 Å². The smallest absolute Gasteiger partial charge is 0.291 e. The lowest BCUT2D eigenvalue weighted by Gasteiger charge is -2.25. The summed E-state index contributed by atoms with van der Waals surface area (Å²) < 4.78 is 12.7. The van der Waals surface area contributed by atoms with Gasteiger partial charge in [0.05, 0.1) is 23.6 Å². The third-order valence-corrected chi connectivity index (χ3v) is 7.30. The van der Waals surface area contributed by atoms with E-state index >= 15 is 0 Å². The van der Waals surface area contributed by atoms with Crippen LogP contribution in [-0.4, -0.2) is 17.4 Å². The summed E-state index contributed by atoms with van der Waals surface area (Å²) in [5, 5.41) is 0.987. The van der Waals surface area contributed by atoms with Gasteiger partial charge in [-0.05, 0) is 53.9 Å². The number of ether oxygens (including phenoxy) is 1. The first-order valence-corrected chi connectivity index (χ1v) is 13.2. The van der Waals surface area contributed by atoms with E-state index in [9.17, 15) is 9.59 Å². The average Bonchev–Trinajstić information content (AvgIpc) is 3.16. The molecule has 0 saturated carbocycles. The van der Waals surface area contributed by atoms with Gasteiger partial charge in [0.25, 0.3) is 5.91 Å². The highest BCUT2D eigenvalue weighted by molar-refractivity contribution is 9.10. The fourth-order valence-electron chi connectivity index (χ4n) is 4.60. The fourth-order valence-corrected chi connectivity index (χ4v) is 5.16. The lowest BCUT2D eigenvalue weighted by atomic mass is 9.98. The van der Waals surface area contributed by atoms with Gasteiger partial charge in [0.2, 0.25) is 5.76 Å². The van der Waals surface area contributed by atoms with Crippen molar-refractivity contribution in [2.45, 2.75) is 38.8 Å². The first-order valence-electron chi connectivity index (χ1n) is 12.0. The second-order valence-electron chi connectivity index (χ2n) is 8.87. The molecular weight excluding hydrogens is 542 g/mol. The Kier molecular flexibility index (Phi) is 7.17. The van der Waals surface area contributed by atoms with Crippen molar-refractivity contribution >= 4 is 44.4 Å². The van der Waals surface area contributed by atoms with Crippen molar-refractivity contribution < 1.29 is 13.9 Å². The van der Waals surface area contributed by atoms with E-state index in [1.54, 1.807) is 29.2 Å².